The predicted octanol–water partition coefficient (Wildman–Crippen LogP) is 4.42. The number of aryl methyl sites for hydroxylation is 1. The first-order chi connectivity index (χ1) is 13.6. The molecular formula is C23H28N2O3. The number of benzene rings is 2. The molecule has 0 bridgehead atoms. The number of para-hydroxylation sites is 1. The zero-order valence-corrected chi connectivity index (χ0v) is 16.6. The third-order valence-electron chi connectivity index (χ3n) is 4.99. The molecule has 1 N–H and O–H groups in total. The first-order valence-corrected chi connectivity index (χ1v) is 10.0. The number of amides is 2. The molecule has 148 valence electrons. The lowest BCUT2D eigenvalue weighted by atomic mass is 10.1. The zero-order valence-electron chi connectivity index (χ0n) is 16.6. The van der Waals surface area contributed by atoms with E-state index in [9.17, 15) is 9.59 Å². The number of rotatable bonds is 6. The van der Waals surface area contributed by atoms with Crippen LogP contribution in [0.15, 0.2) is 48.5 Å². The third-order valence-corrected chi connectivity index (χ3v) is 4.99. The molecule has 2 aromatic carbocycles. The second-order valence-corrected chi connectivity index (χ2v) is 7.22. The Bertz CT molecular complexity index is 828. The lowest BCUT2D eigenvalue weighted by Crippen LogP contribution is -2.37. The van der Waals surface area contributed by atoms with E-state index in [2.05, 4.69) is 5.32 Å². The molecule has 1 saturated heterocycles. The Morgan fingerprint density at radius 1 is 1.07 bits per heavy atom. The molecule has 28 heavy (non-hydrogen) atoms. The second kappa shape index (κ2) is 9.40. The lowest BCUT2D eigenvalue weighted by molar-refractivity contribution is -0.122. The summed E-state index contributed by atoms with van der Waals surface area (Å²) in [4.78, 5) is 27.6. The minimum Gasteiger partial charge on any atom is -0.481 e. The van der Waals surface area contributed by atoms with E-state index < -0.39 is 6.10 Å². The quantitative estimate of drug-likeness (QED) is 0.807. The van der Waals surface area contributed by atoms with Crippen molar-refractivity contribution >= 4 is 17.5 Å². The average molecular weight is 380 g/mol. The molecule has 1 aliphatic rings. The number of hydrogen-bond acceptors (Lipinski definition) is 3. The summed E-state index contributed by atoms with van der Waals surface area (Å²) in [6, 6.07) is 14.8. The van der Waals surface area contributed by atoms with Crippen molar-refractivity contribution in [2.45, 2.75) is 45.6 Å². The summed E-state index contributed by atoms with van der Waals surface area (Å²) in [5.74, 6) is 0.394. The van der Waals surface area contributed by atoms with E-state index >= 15 is 0 Å². The first kappa shape index (κ1) is 19.9. The summed E-state index contributed by atoms with van der Waals surface area (Å²) < 4.78 is 5.89. The highest BCUT2D eigenvalue weighted by Crippen LogP contribution is 2.21. The Morgan fingerprint density at radius 3 is 2.54 bits per heavy atom. The molecule has 1 atom stereocenters. The van der Waals surface area contributed by atoms with Gasteiger partial charge in [-0.2, -0.15) is 0 Å². The van der Waals surface area contributed by atoms with E-state index in [0.717, 1.165) is 37.9 Å². The van der Waals surface area contributed by atoms with Gasteiger partial charge in [0.2, 0.25) is 0 Å². The van der Waals surface area contributed by atoms with E-state index in [1.165, 1.54) is 0 Å². The fourth-order valence-electron chi connectivity index (χ4n) is 3.43. The standard InChI is InChI=1S/C23H28N2O3/c1-3-21(28-18-11-9-10-17(2)16-18)22(26)24-20-13-6-5-12-19(20)23(27)25-14-7-4-8-15-25/h5-6,9-13,16,21H,3-4,7-8,14-15H2,1-2H3,(H,24,26)/t21-/m1/s1. The predicted molar refractivity (Wildman–Crippen MR) is 111 cm³/mol. The number of hydrogen-bond donors (Lipinski definition) is 1. The fourth-order valence-corrected chi connectivity index (χ4v) is 3.43. The summed E-state index contributed by atoms with van der Waals surface area (Å²) in [5, 5.41) is 2.90. The van der Waals surface area contributed by atoms with Crippen molar-refractivity contribution in [2.24, 2.45) is 0 Å². The van der Waals surface area contributed by atoms with E-state index in [1.54, 1.807) is 12.1 Å². The van der Waals surface area contributed by atoms with Gasteiger partial charge in [-0.3, -0.25) is 9.59 Å². The van der Waals surface area contributed by atoms with E-state index in [1.807, 2.05) is 55.1 Å². The SMILES string of the molecule is CC[C@@H](Oc1cccc(C)c1)C(=O)Nc1ccccc1C(=O)N1CCCCC1. The largest absolute Gasteiger partial charge is 0.481 e. The van der Waals surface area contributed by atoms with Gasteiger partial charge in [0.15, 0.2) is 6.10 Å². The van der Waals surface area contributed by atoms with Crippen molar-refractivity contribution in [3.05, 3.63) is 59.7 Å². The summed E-state index contributed by atoms with van der Waals surface area (Å²) in [6.07, 6.45) is 3.13. The Balaban J connectivity index is 1.73. The van der Waals surface area contributed by atoms with E-state index in [-0.39, 0.29) is 11.8 Å². The number of nitrogens with one attached hydrogen (secondary N) is 1. The Hall–Kier alpha value is -2.82. The minimum absolute atomic E-state index is 0.0248. The average Bonchev–Trinajstić information content (AvgIpc) is 2.72. The van der Waals surface area contributed by atoms with Crippen LogP contribution in [0.2, 0.25) is 0 Å². The molecule has 0 spiro atoms. The van der Waals surface area contributed by atoms with Crippen LogP contribution in [-0.4, -0.2) is 35.9 Å². The van der Waals surface area contributed by atoms with Gasteiger partial charge in [0, 0.05) is 13.1 Å². The van der Waals surface area contributed by atoms with Gasteiger partial charge in [-0.05, 0) is 62.4 Å². The van der Waals surface area contributed by atoms with Gasteiger partial charge in [-0.25, -0.2) is 0 Å². The molecule has 1 heterocycles. The smallest absolute Gasteiger partial charge is 0.265 e. The van der Waals surface area contributed by atoms with Crippen molar-refractivity contribution < 1.29 is 14.3 Å². The van der Waals surface area contributed by atoms with Crippen molar-refractivity contribution in [3.8, 4) is 5.75 Å². The normalized spacial score (nSPS) is 15.0. The number of carbonyl (C=O) groups is 2. The molecule has 0 radical (unpaired) electrons. The highest BCUT2D eigenvalue weighted by Gasteiger charge is 2.24. The van der Waals surface area contributed by atoms with Crippen molar-refractivity contribution in [3.63, 3.8) is 0 Å². The number of ether oxygens (including phenoxy) is 1. The fraction of sp³-hybridized carbons (Fsp3) is 0.391. The number of nitrogens with zero attached hydrogens (tertiary/aromatic N) is 1. The van der Waals surface area contributed by atoms with Crippen LogP contribution >= 0.6 is 0 Å². The van der Waals surface area contributed by atoms with Crippen molar-refractivity contribution in [1.29, 1.82) is 0 Å². The van der Waals surface area contributed by atoms with E-state index in [0.29, 0.717) is 23.4 Å². The summed E-state index contributed by atoms with van der Waals surface area (Å²) in [5.41, 5.74) is 2.14. The molecule has 0 unspecified atom stereocenters. The van der Waals surface area contributed by atoms with Crippen LogP contribution in [0.25, 0.3) is 0 Å². The molecule has 5 heteroatoms. The van der Waals surface area contributed by atoms with Crippen molar-refractivity contribution in [1.82, 2.24) is 4.90 Å². The van der Waals surface area contributed by atoms with Crippen LogP contribution in [0.1, 0.15) is 48.5 Å². The maximum atomic E-state index is 12.9. The van der Waals surface area contributed by atoms with Crippen LogP contribution in [0.4, 0.5) is 5.69 Å². The molecule has 1 aliphatic heterocycles. The number of likely N-dealkylation sites (tertiary alicyclic amines) is 1. The molecule has 2 amide bonds. The van der Waals surface area contributed by atoms with Gasteiger partial charge < -0.3 is 15.0 Å². The number of anilines is 1. The number of carbonyl (C=O) groups excluding carboxylic acids is 2. The van der Waals surface area contributed by atoms with Crippen molar-refractivity contribution in [2.75, 3.05) is 18.4 Å². The molecule has 0 aromatic heterocycles. The van der Waals surface area contributed by atoms with Crippen LogP contribution in [0, 0.1) is 6.92 Å². The zero-order chi connectivity index (χ0) is 19.9. The Kier molecular flexibility index (Phi) is 6.69. The molecule has 0 aliphatic carbocycles. The van der Waals surface area contributed by atoms with Gasteiger partial charge in [-0.1, -0.05) is 31.2 Å². The highest BCUT2D eigenvalue weighted by atomic mass is 16.5. The van der Waals surface area contributed by atoms with Crippen LogP contribution < -0.4 is 10.1 Å². The Morgan fingerprint density at radius 2 is 1.82 bits per heavy atom. The molecule has 0 saturated carbocycles. The van der Waals surface area contributed by atoms with Crippen LogP contribution in [-0.2, 0) is 4.79 Å². The lowest BCUT2D eigenvalue weighted by Gasteiger charge is -2.27. The van der Waals surface area contributed by atoms with E-state index in [4.69, 9.17) is 4.74 Å². The molecule has 2 aromatic rings. The van der Waals surface area contributed by atoms with Crippen LogP contribution in [0.5, 0.6) is 5.75 Å². The van der Waals surface area contributed by atoms with Crippen LogP contribution in [0.3, 0.4) is 0 Å². The topological polar surface area (TPSA) is 58.6 Å². The van der Waals surface area contributed by atoms with Gasteiger partial charge in [-0.15, -0.1) is 0 Å². The van der Waals surface area contributed by atoms with Gasteiger partial charge in [0.1, 0.15) is 5.75 Å². The molecule has 5 nitrogen and oxygen atoms in total. The van der Waals surface area contributed by atoms with Gasteiger partial charge >= 0.3 is 0 Å². The first-order valence-electron chi connectivity index (χ1n) is 10.0. The van der Waals surface area contributed by atoms with Gasteiger partial charge in [0.25, 0.3) is 11.8 Å². The maximum Gasteiger partial charge on any atom is 0.265 e. The van der Waals surface area contributed by atoms with Gasteiger partial charge in [0.05, 0.1) is 11.3 Å². The molecule has 1 fully saturated rings. The summed E-state index contributed by atoms with van der Waals surface area (Å²) in [7, 11) is 0. The Labute approximate surface area is 166 Å². The second-order valence-electron chi connectivity index (χ2n) is 7.22. The molecule has 3 rings (SSSR count). The minimum atomic E-state index is -0.625. The highest BCUT2D eigenvalue weighted by molar-refractivity contribution is 6.04. The summed E-state index contributed by atoms with van der Waals surface area (Å²) >= 11 is 0. The third kappa shape index (κ3) is 4.91. The summed E-state index contributed by atoms with van der Waals surface area (Å²) in [6.45, 7) is 5.44. The monoisotopic (exact) mass is 380 g/mol. The maximum absolute atomic E-state index is 12.9. The molecular weight excluding hydrogens is 352 g/mol. The number of piperidine rings is 1.